The number of nitrogens with two attached hydrogens (primary N) is 1. The highest BCUT2D eigenvalue weighted by Crippen LogP contribution is 2.32. The van der Waals surface area contributed by atoms with Gasteiger partial charge in [-0.2, -0.15) is 15.0 Å². The zero-order valence-corrected chi connectivity index (χ0v) is 15.1. The van der Waals surface area contributed by atoms with Crippen LogP contribution in [0.2, 0.25) is 0 Å². The Hall–Kier alpha value is -2.24. The van der Waals surface area contributed by atoms with E-state index in [1.807, 2.05) is 6.07 Å². The predicted octanol–water partition coefficient (Wildman–Crippen LogP) is 3.71. The third-order valence-electron chi connectivity index (χ3n) is 5.61. The van der Waals surface area contributed by atoms with Crippen LogP contribution in [0.3, 0.4) is 0 Å². The molecule has 1 saturated carbocycles. The molecule has 1 saturated heterocycles. The van der Waals surface area contributed by atoms with Crippen LogP contribution in [0, 0.1) is 11.7 Å². The van der Waals surface area contributed by atoms with Crippen LogP contribution >= 0.6 is 0 Å². The van der Waals surface area contributed by atoms with Gasteiger partial charge < -0.3 is 10.6 Å². The van der Waals surface area contributed by atoms with Crippen LogP contribution in [0.5, 0.6) is 0 Å². The van der Waals surface area contributed by atoms with Gasteiger partial charge in [-0.25, -0.2) is 4.39 Å². The first-order valence-corrected chi connectivity index (χ1v) is 9.68. The third kappa shape index (κ3) is 3.94. The fraction of sp³-hybridized carbons (Fsp3) is 0.550. The lowest BCUT2D eigenvalue weighted by Crippen LogP contribution is -2.24. The molecule has 6 heteroatoms. The lowest BCUT2D eigenvalue weighted by molar-refractivity contribution is 0.428. The van der Waals surface area contributed by atoms with Crippen LogP contribution in [0.25, 0.3) is 0 Å². The van der Waals surface area contributed by atoms with E-state index in [2.05, 4.69) is 14.9 Å². The first kappa shape index (κ1) is 17.2. The van der Waals surface area contributed by atoms with Crippen molar-refractivity contribution < 1.29 is 4.39 Å². The SMILES string of the molecule is Nc1nc(C2CCCCC2)nc(N2CCC(Cc3cccc(F)c3)C2)n1. The van der Waals surface area contributed by atoms with E-state index in [1.54, 1.807) is 12.1 Å². The number of hydrogen-bond acceptors (Lipinski definition) is 5. The number of aromatic nitrogens is 3. The lowest BCUT2D eigenvalue weighted by atomic mass is 9.89. The van der Waals surface area contributed by atoms with Crippen molar-refractivity contribution in [2.24, 2.45) is 5.92 Å². The minimum atomic E-state index is -0.167. The molecule has 5 nitrogen and oxygen atoms in total. The molecule has 2 N–H and O–H groups in total. The molecule has 2 heterocycles. The van der Waals surface area contributed by atoms with E-state index in [4.69, 9.17) is 10.7 Å². The summed E-state index contributed by atoms with van der Waals surface area (Å²) in [5, 5.41) is 0. The van der Waals surface area contributed by atoms with Crippen LogP contribution in [-0.4, -0.2) is 28.0 Å². The Kier molecular flexibility index (Phi) is 5.00. The summed E-state index contributed by atoms with van der Waals surface area (Å²) in [6.07, 6.45) is 8.01. The quantitative estimate of drug-likeness (QED) is 0.905. The maximum Gasteiger partial charge on any atom is 0.230 e. The minimum Gasteiger partial charge on any atom is -0.368 e. The number of halogens is 1. The molecule has 4 rings (SSSR count). The van der Waals surface area contributed by atoms with E-state index in [9.17, 15) is 4.39 Å². The molecule has 0 spiro atoms. The number of anilines is 2. The number of benzene rings is 1. The fourth-order valence-electron chi connectivity index (χ4n) is 4.26. The summed E-state index contributed by atoms with van der Waals surface area (Å²) in [7, 11) is 0. The van der Waals surface area contributed by atoms with E-state index >= 15 is 0 Å². The normalized spacial score (nSPS) is 21.3. The van der Waals surface area contributed by atoms with Gasteiger partial charge in [-0.1, -0.05) is 31.4 Å². The molecular formula is C20H26FN5. The Bertz CT molecular complexity index is 760. The van der Waals surface area contributed by atoms with E-state index in [0.29, 0.717) is 23.7 Å². The van der Waals surface area contributed by atoms with Gasteiger partial charge >= 0.3 is 0 Å². The Morgan fingerprint density at radius 2 is 1.92 bits per heavy atom. The standard InChI is InChI=1S/C20H26FN5/c21-17-8-4-5-14(12-17)11-15-9-10-26(13-15)20-24-18(23-19(22)25-20)16-6-2-1-3-7-16/h4-5,8,12,15-16H,1-3,6-7,9-11,13H2,(H2,22,23,24,25). The Labute approximate surface area is 153 Å². The second-order valence-corrected chi connectivity index (χ2v) is 7.62. The molecule has 26 heavy (non-hydrogen) atoms. The van der Waals surface area contributed by atoms with Gasteiger partial charge in [-0.3, -0.25) is 0 Å². The smallest absolute Gasteiger partial charge is 0.230 e. The maximum absolute atomic E-state index is 13.4. The van der Waals surface area contributed by atoms with Crippen molar-refractivity contribution in [3.63, 3.8) is 0 Å². The van der Waals surface area contributed by atoms with E-state index in [-0.39, 0.29) is 5.82 Å². The predicted molar refractivity (Wildman–Crippen MR) is 100 cm³/mol. The van der Waals surface area contributed by atoms with Gasteiger partial charge in [0.2, 0.25) is 11.9 Å². The van der Waals surface area contributed by atoms with Crippen molar-refractivity contribution in [2.75, 3.05) is 23.7 Å². The zero-order valence-electron chi connectivity index (χ0n) is 15.1. The van der Waals surface area contributed by atoms with Gasteiger partial charge in [-0.05, 0) is 49.3 Å². The van der Waals surface area contributed by atoms with E-state index in [0.717, 1.165) is 50.2 Å². The van der Waals surface area contributed by atoms with Crippen molar-refractivity contribution in [1.29, 1.82) is 0 Å². The Balaban J connectivity index is 1.45. The largest absolute Gasteiger partial charge is 0.368 e. The van der Waals surface area contributed by atoms with Gasteiger partial charge in [0, 0.05) is 19.0 Å². The highest BCUT2D eigenvalue weighted by Gasteiger charge is 2.27. The van der Waals surface area contributed by atoms with Crippen LogP contribution in [0.15, 0.2) is 24.3 Å². The minimum absolute atomic E-state index is 0.167. The second kappa shape index (κ2) is 7.56. The molecule has 1 aliphatic carbocycles. The molecule has 0 bridgehead atoms. The van der Waals surface area contributed by atoms with Crippen molar-refractivity contribution >= 4 is 11.9 Å². The van der Waals surface area contributed by atoms with Crippen molar-refractivity contribution in [1.82, 2.24) is 15.0 Å². The van der Waals surface area contributed by atoms with Gasteiger partial charge in [0.25, 0.3) is 0 Å². The van der Waals surface area contributed by atoms with Crippen molar-refractivity contribution in [3.8, 4) is 0 Å². The number of nitrogens with zero attached hydrogens (tertiary/aromatic N) is 4. The first-order chi connectivity index (χ1) is 12.7. The number of nitrogen functional groups attached to an aromatic ring is 1. The number of rotatable bonds is 4. The molecule has 1 aromatic heterocycles. The van der Waals surface area contributed by atoms with E-state index in [1.165, 1.54) is 25.3 Å². The average Bonchev–Trinajstić information content (AvgIpc) is 3.10. The van der Waals surface area contributed by atoms with Crippen LogP contribution < -0.4 is 10.6 Å². The third-order valence-corrected chi connectivity index (χ3v) is 5.61. The summed E-state index contributed by atoms with van der Waals surface area (Å²) < 4.78 is 13.4. The molecule has 1 aromatic carbocycles. The van der Waals surface area contributed by atoms with Gasteiger partial charge in [0.1, 0.15) is 11.6 Å². The number of hydrogen-bond donors (Lipinski definition) is 1. The molecule has 2 fully saturated rings. The van der Waals surface area contributed by atoms with Gasteiger partial charge in [0.05, 0.1) is 0 Å². The monoisotopic (exact) mass is 355 g/mol. The molecule has 0 amide bonds. The van der Waals surface area contributed by atoms with Crippen molar-refractivity contribution in [3.05, 3.63) is 41.5 Å². The van der Waals surface area contributed by atoms with Crippen LogP contribution in [0.1, 0.15) is 55.8 Å². The first-order valence-electron chi connectivity index (χ1n) is 9.68. The van der Waals surface area contributed by atoms with Crippen LogP contribution in [0.4, 0.5) is 16.3 Å². The molecule has 2 aliphatic rings. The second-order valence-electron chi connectivity index (χ2n) is 7.62. The van der Waals surface area contributed by atoms with E-state index < -0.39 is 0 Å². The Morgan fingerprint density at radius 1 is 1.08 bits per heavy atom. The summed E-state index contributed by atoms with van der Waals surface area (Å²) in [4.78, 5) is 15.8. The highest BCUT2D eigenvalue weighted by atomic mass is 19.1. The summed E-state index contributed by atoms with van der Waals surface area (Å²) in [6.45, 7) is 1.79. The lowest BCUT2D eigenvalue weighted by Gasteiger charge is -2.22. The topological polar surface area (TPSA) is 67.9 Å². The summed E-state index contributed by atoms with van der Waals surface area (Å²) in [6, 6.07) is 6.89. The Morgan fingerprint density at radius 3 is 2.73 bits per heavy atom. The fourth-order valence-corrected chi connectivity index (χ4v) is 4.26. The molecular weight excluding hydrogens is 329 g/mol. The molecule has 1 aliphatic heterocycles. The van der Waals surface area contributed by atoms with Gasteiger partial charge in [0.15, 0.2) is 0 Å². The van der Waals surface area contributed by atoms with Crippen molar-refractivity contribution in [2.45, 2.75) is 50.9 Å². The molecule has 1 atom stereocenters. The summed E-state index contributed by atoms with van der Waals surface area (Å²) in [5.74, 6) is 2.62. The summed E-state index contributed by atoms with van der Waals surface area (Å²) in [5.41, 5.74) is 7.03. The maximum atomic E-state index is 13.4. The van der Waals surface area contributed by atoms with Gasteiger partial charge in [-0.15, -0.1) is 0 Å². The van der Waals surface area contributed by atoms with Crippen LogP contribution in [-0.2, 0) is 6.42 Å². The highest BCUT2D eigenvalue weighted by molar-refractivity contribution is 5.37. The average molecular weight is 355 g/mol. The molecule has 0 radical (unpaired) electrons. The molecule has 138 valence electrons. The zero-order chi connectivity index (χ0) is 17.9. The summed E-state index contributed by atoms with van der Waals surface area (Å²) >= 11 is 0. The molecule has 2 aromatic rings. The molecule has 1 unspecified atom stereocenters.